The third kappa shape index (κ3) is 5.82. The molecule has 0 fully saturated rings. The Balaban J connectivity index is 1.48. The molecule has 0 spiro atoms. The van der Waals surface area contributed by atoms with Crippen LogP contribution in [-0.2, 0) is 6.42 Å². The average Bonchev–Trinajstić information content (AvgIpc) is 2.68. The van der Waals surface area contributed by atoms with Crippen molar-refractivity contribution in [3.05, 3.63) is 79.2 Å². The van der Waals surface area contributed by atoms with Crippen LogP contribution in [0.15, 0.2) is 41.6 Å². The summed E-state index contributed by atoms with van der Waals surface area (Å²) in [6.45, 7) is 2.95. The Labute approximate surface area is 177 Å². The Morgan fingerprint density at radius 1 is 1.17 bits per heavy atom. The van der Waals surface area contributed by atoms with Gasteiger partial charge in [0.1, 0.15) is 5.82 Å². The van der Waals surface area contributed by atoms with E-state index in [1.54, 1.807) is 19.1 Å². The minimum atomic E-state index is -0.240. The molecule has 0 bridgehead atoms. The van der Waals surface area contributed by atoms with Crippen molar-refractivity contribution in [1.29, 1.82) is 0 Å². The summed E-state index contributed by atoms with van der Waals surface area (Å²) in [6.07, 6.45) is 5.60. The van der Waals surface area contributed by atoms with E-state index in [1.165, 1.54) is 18.6 Å². The normalized spacial score (nSPS) is 10.7. The van der Waals surface area contributed by atoms with E-state index in [-0.39, 0.29) is 5.56 Å². The summed E-state index contributed by atoms with van der Waals surface area (Å²) in [6, 6.07) is 5.17. The molecule has 3 N–H and O–H groups in total. The van der Waals surface area contributed by atoms with E-state index in [4.69, 9.17) is 23.2 Å². The second-order valence-corrected chi connectivity index (χ2v) is 7.30. The summed E-state index contributed by atoms with van der Waals surface area (Å²) < 4.78 is 0.785. The van der Waals surface area contributed by atoms with Crippen molar-refractivity contribution in [2.24, 2.45) is 0 Å². The number of anilines is 2. The van der Waals surface area contributed by atoms with E-state index < -0.39 is 0 Å². The Kier molecular flexibility index (Phi) is 6.90. The largest absolute Gasteiger partial charge is 0.619 e. The van der Waals surface area contributed by atoms with Gasteiger partial charge in [-0.05, 0) is 18.6 Å². The van der Waals surface area contributed by atoms with Crippen LogP contribution in [0.4, 0.5) is 11.8 Å². The van der Waals surface area contributed by atoms with Gasteiger partial charge in [0.05, 0.1) is 10.0 Å². The highest BCUT2D eigenvalue weighted by atomic mass is 35.5. The van der Waals surface area contributed by atoms with Gasteiger partial charge in [-0.25, -0.2) is 9.97 Å². The van der Waals surface area contributed by atoms with Crippen LogP contribution in [-0.4, -0.2) is 28.0 Å². The van der Waals surface area contributed by atoms with Crippen molar-refractivity contribution >= 4 is 35.0 Å². The van der Waals surface area contributed by atoms with E-state index in [0.29, 0.717) is 52.6 Å². The summed E-state index contributed by atoms with van der Waals surface area (Å²) in [5.41, 5.74) is 1.60. The summed E-state index contributed by atoms with van der Waals surface area (Å²) in [7, 11) is 0. The summed E-state index contributed by atoms with van der Waals surface area (Å²) in [5.74, 6) is 0.964. The van der Waals surface area contributed by atoms with Crippen LogP contribution in [0, 0.1) is 12.1 Å². The summed E-state index contributed by atoms with van der Waals surface area (Å²) >= 11 is 11.9. The zero-order valence-electron chi connectivity index (χ0n) is 15.7. The van der Waals surface area contributed by atoms with Gasteiger partial charge in [-0.1, -0.05) is 23.2 Å². The molecule has 0 saturated heterocycles. The predicted molar refractivity (Wildman–Crippen MR) is 114 cm³/mol. The van der Waals surface area contributed by atoms with Crippen LogP contribution < -0.4 is 20.9 Å². The van der Waals surface area contributed by atoms with Gasteiger partial charge in [0.25, 0.3) is 5.56 Å². The van der Waals surface area contributed by atoms with E-state index in [2.05, 4.69) is 25.6 Å². The van der Waals surface area contributed by atoms with Gasteiger partial charge in [0, 0.05) is 56.0 Å². The lowest BCUT2D eigenvalue weighted by molar-refractivity contribution is -0.612. The molecule has 3 rings (SSSR count). The molecule has 10 heteroatoms. The Hall–Kier alpha value is -2.84. The van der Waals surface area contributed by atoms with Crippen molar-refractivity contribution in [3.8, 4) is 0 Å². The topological polar surface area (TPSA) is 110 Å². The fraction of sp³-hybridized carbons (Fsp3) is 0.263. The lowest BCUT2D eigenvalue weighted by atomic mass is 10.1. The number of pyridine rings is 2. The van der Waals surface area contributed by atoms with E-state index >= 15 is 0 Å². The highest BCUT2D eigenvalue weighted by Gasteiger charge is 2.08. The maximum absolute atomic E-state index is 12.3. The first-order valence-electron chi connectivity index (χ1n) is 8.98. The first-order valence-corrected chi connectivity index (χ1v) is 9.73. The highest BCUT2D eigenvalue weighted by molar-refractivity contribution is 6.35. The van der Waals surface area contributed by atoms with Gasteiger partial charge in [-0.3, -0.25) is 9.78 Å². The Bertz CT molecular complexity index is 1060. The molecule has 0 atom stereocenters. The van der Waals surface area contributed by atoms with Crippen molar-refractivity contribution in [2.45, 2.75) is 19.8 Å². The number of aryl methyl sites for hydroxylation is 1. The average molecular weight is 435 g/mol. The minimum Gasteiger partial charge on any atom is -0.619 e. The molecule has 0 radical (unpaired) electrons. The number of nitrogens with zero attached hydrogens (tertiary/aromatic N) is 3. The monoisotopic (exact) mass is 434 g/mol. The number of rotatable bonds is 8. The first-order chi connectivity index (χ1) is 13.9. The van der Waals surface area contributed by atoms with Crippen LogP contribution in [0.1, 0.15) is 23.2 Å². The molecule has 0 amide bonds. The predicted octanol–water partition coefficient (Wildman–Crippen LogP) is 2.92. The molecular weight excluding hydrogens is 415 g/mol. The third-order valence-electron chi connectivity index (χ3n) is 4.18. The number of hydrogen-bond acceptors (Lipinski definition) is 6. The second-order valence-electron chi connectivity index (χ2n) is 6.46. The third-order valence-corrected chi connectivity index (χ3v) is 4.68. The molecule has 0 unspecified atom stereocenters. The maximum atomic E-state index is 12.3. The molecule has 0 aliphatic carbocycles. The van der Waals surface area contributed by atoms with E-state index in [0.717, 1.165) is 16.7 Å². The highest BCUT2D eigenvalue weighted by Crippen LogP contribution is 2.22. The minimum absolute atomic E-state index is 0.240. The maximum Gasteiger partial charge on any atom is 0.255 e. The SMILES string of the molecule is Cc1ccc(Cc2cnc(NCCCNc3ncc(Cl)cc3Cl)[nH]c2=O)c[n+]1[O-]. The van der Waals surface area contributed by atoms with Crippen LogP contribution in [0.5, 0.6) is 0 Å². The zero-order valence-corrected chi connectivity index (χ0v) is 17.2. The smallest absolute Gasteiger partial charge is 0.255 e. The molecule has 0 aliphatic rings. The number of H-pyrrole nitrogens is 1. The number of aromatic nitrogens is 4. The van der Waals surface area contributed by atoms with Crippen molar-refractivity contribution in [2.75, 3.05) is 23.7 Å². The molecule has 3 aromatic rings. The molecule has 3 aromatic heterocycles. The lowest BCUT2D eigenvalue weighted by Gasteiger charge is -2.09. The quantitative estimate of drug-likeness (QED) is 0.285. The molecule has 8 nitrogen and oxygen atoms in total. The number of halogens is 2. The fourth-order valence-corrected chi connectivity index (χ4v) is 3.05. The summed E-state index contributed by atoms with van der Waals surface area (Å²) in [5, 5.41) is 18.8. The number of nitrogens with one attached hydrogen (secondary N) is 3. The van der Waals surface area contributed by atoms with Gasteiger partial charge in [-0.15, -0.1) is 0 Å². The van der Waals surface area contributed by atoms with Gasteiger partial charge >= 0.3 is 0 Å². The van der Waals surface area contributed by atoms with Crippen molar-refractivity contribution < 1.29 is 4.73 Å². The Morgan fingerprint density at radius 2 is 1.97 bits per heavy atom. The van der Waals surface area contributed by atoms with E-state index in [9.17, 15) is 10.0 Å². The van der Waals surface area contributed by atoms with Crippen LogP contribution in [0.2, 0.25) is 10.0 Å². The van der Waals surface area contributed by atoms with Gasteiger partial charge < -0.3 is 15.8 Å². The molecule has 3 heterocycles. The van der Waals surface area contributed by atoms with E-state index in [1.807, 2.05) is 6.07 Å². The first kappa shape index (κ1) is 20.9. The molecule has 0 saturated carbocycles. The van der Waals surface area contributed by atoms with Crippen molar-refractivity contribution in [1.82, 2.24) is 15.0 Å². The standard InChI is InChI=1S/C19H20Cl2N6O2/c1-12-3-4-13(11-27(12)29)7-14-9-25-19(26-18(14)28)23-6-2-5-22-17-16(21)8-15(20)10-24-17/h3-4,8-11H,2,5-7H2,1H3,(H,22,24)(H2,23,25,26,28). The number of aromatic amines is 1. The Morgan fingerprint density at radius 3 is 2.69 bits per heavy atom. The van der Waals surface area contributed by atoms with Crippen LogP contribution in [0.25, 0.3) is 0 Å². The second kappa shape index (κ2) is 9.58. The molecule has 0 aliphatic heterocycles. The number of hydrogen-bond donors (Lipinski definition) is 3. The fourth-order valence-electron chi connectivity index (χ4n) is 2.60. The van der Waals surface area contributed by atoms with Crippen LogP contribution in [0.3, 0.4) is 0 Å². The van der Waals surface area contributed by atoms with Gasteiger partial charge in [-0.2, -0.15) is 4.73 Å². The summed E-state index contributed by atoms with van der Waals surface area (Å²) in [4.78, 5) is 23.3. The molecular formula is C19H20Cl2N6O2. The van der Waals surface area contributed by atoms with Gasteiger partial charge in [0.15, 0.2) is 11.9 Å². The van der Waals surface area contributed by atoms with Crippen molar-refractivity contribution in [3.63, 3.8) is 0 Å². The molecule has 152 valence electrons. The zero-order chi connectivity index (χ0) is 20.8. The molecule has 0 aromatic carbocycles. The molecule has 29 heavy (non-hydrogen) atoms. The van der Waals surface area contributed by atoms with Gasteiger partial charge in [0.2, 0.25) is 5.95 Å². The lowest BCUT2D eigenvalue weighted by Crippen LogP contribution is -2.30. The van der Waals surface area contributed by atoms with Crippen LogP contribution >= 0.6 is 23.2 Å².